The van der Waals surface area contributed by atoms with Gasteiger partial charge in [-0.15, -0.1) is 0 Å². The Morgan fingerprint density at radius 3 is 2.53 bits per heavy atom. The number of ether oxygens (including phenoxy) is 1. The lowest BCUT2D eigenvalue weighted by Gasteiger charge is -2.38. The lowest BCUT2D eigenvalue weighted by Crippen LogP contribution is -2.48. The van der Waals surface area contributed by atoms with E-state index in [2.05, 4.69) is 35.9 Å². The number of aromatic nitrogens is 5. The number of piperidine rings is 2. The molecule has 1 aliphatic carbocycles. The van der Waals surface area contributed by atoms with Crippen LogP contribution in [0.4, 0.5) is 46.4 Å². The number of anilines is 5. The van der Waals surface area contributed by atoms with Crippen molar-refractivity contribution in [2.45, 2.75) is 62.6 Å². The molecule has 0 radical (unpaired) electrons. The number of amides is 2. The van der Waals surface area contributed by atoms with Gasteiger partial charge in [-0.1, -0.05) is 11.6 Å². The molecule has 4 fully saturated rings. The van der Waals surface area contributed by atoms with E-state index in [-0.39, 0.29) is 53.0 Å². The van der Waals surface area contributed by atoms with E-state index < -0.39 is 47.9 Å². The SMILES string of the molecule is Cn1nc(C2CCC(=O)NC2=O)c2ccc(N3CCN(CCC4CCN(c5ncc(Cl)c(Nc6ccc7c(c6)c6c(c(=O)n7C)OCC(F)(F)[C@H](C7CC7)N6)n5)C[C@@H]4F)CC3)c(F)c21. The summed E-state index contributed by atoms with van der Waals surface area (Å²) in [6, 6.07) is 7.57. The maximum absolute atomic E-state index is 16.1. The van der Waals surface area contributed by atoms with Crippen molar-refractivity contribution in [3.8, 4) is 5.75 Å². The number of rotatable bonds is 9. The van der Waals surface area contributed by atoms with Crippen LogP contribution in [0, 0.1) is 17.7 Å². The zero-order chi connectivity index (χ0) is 44.6. The lowest BCUT2D eigenvalue weighted by molar-refractivity contribution is -0.134. The van der Waals surface area contributed by atoms with Gasteiger partial charge in [-0.05, 0) is 80.8 Å². The van der Waals surface area contributed by atoms with Crippen molar-refractivity contribution in [3.05, 3.63) is 63.4 Å². The maximum atomic E-state index is 16.1. The summed E-state index contributed by atoms with van der Waals surface area (Å²) < 4.78 is 70.6. The van der Waals surface area contributed by atoms with E-state index in [0.717, 1.165) is 0 Å². The van der Waals surface area contributed by atoms with Crippen molar-refractivity contribution in [3.63, 3.8) is 0 Å². The van der Waals surface area contributed by atoms with Crippen LogP contribution in [-0.2, 0) is 23.7 Å². The van der Waals surface area contributed by atoms with Crippen LogP contribution >= 0.6 is 11.6 Å². The number of nitrogens with one attached hydrogen (secondary N) is 3. The number of imide groups is 1. The van der Waals surface area contributed by atoms with Gasteiger partial charge in [0.25, 0.3) is 5.56 Å². The summed E-state index contributed by atoms with van der Waals surface area (Å²) in [7, 11) is 3.22. The number of benzene rings is 2. The molecular formula is C44H48ClF4N11O4. The van der Waals surface area contributed by atoms with Crippen molar-refractivity contribution >= 4 is 74.0 Å². The van der Waals surface area contributed by atoms with Gasteiger partial charge < -0.3 is 29.7 Å². The minimum Gasteiger partial charge on any atom is -0.480 e. The van der Waals surface area contributed by atoms with Gasteiger partial charge in [-0.3, -0.25) is 29.3 Å². The van der Waals surface area contributed by atoms with Crippen LogP contribution < -0.4 is 36.0 Å². The highest BCUT2D eigenvalue weighted by molar-refractivity contribution is 6.33. The summed E-state index contributed by atoms with van der Waals surface area (Å²) in [5, 5.41) is 14.4. The van der Waals surface area contributed by atoms with Crippen LogP contribution in [0.5, 0.6) is 5.75 Å². The Morgan fingerprint density at radius 1 is 0.984 bits per heavy atom. The van der Waals surface area contributed by atoms with E-state index in [1.54, 1.807) is 43.3 Å². The number of pyridine rings is 1. The molecule has 1 saturated carbocycles. The topological polar surface area (TPSA) is 155 Å². The maximum Gasteiger partial charge on any atom is 0.301 e. The second-order valence-corrected chi connectivity index (χ2v) is 18.1. The van der Waals surface area contributed by atoms with Gasteiger partial charge in [-0.25, -0.2) is 22.5 Å². The number of hydrogen-bond acceptors (Lipinski definition) is 12. The Hall–Kier alpha value is -5.69. The highest BCUT2D eigenvalue weighted by Crippen LogP contribution is 2.46. The quantitative estimate of drug-likeness (QED) is 0.120. The largest absolute Gasteiger partial charge is 0.480 e. The Balaban J connectivity index is 0.760. The molecule has 338 valence electrons. The average Bonchev–Trinajstić information content (AvgIpc) is 4.07. The summed E-state index contributed by atoms with van der Waals surface area (Å²) in [4.78, 5) is 52.7. The van der Waals surface area contributed by atoms with Crippen LogP contribution in [0.15, 0.2) is 41.3 Å². The zero-order valence-corrected chi connectivity index (χ0v) is 36.1. The van der Waals surface area contributed by atoms with Gasteiger partial charge in [0.15, 0.2) is 18.2 Å². The summed E-state index contributed by atoms with van der Waals surface area (Å²) in [5.74, 6) is -4.86. The summed E-state index contributed by atoms with van der Waals surface area (Å²) in [6.45, 7) is 3.02. The van der Waals surface area contributed by atoms with Crippen LogP contribution in [0.2, 0.25) is 5.02 Å². The van der Waals surface area contributed by atoms with E-state index in [9.17, 15) is 14.4 Å². The first-order valence-corrected chi connectivity index (χ1v) is 22.2. The molecule has 7 heterocycles. The minimum atomic E-state index is -3.17. The Bertz CT molecular complexity index is 2740. The number of fused-ring (bicyclic) bond motifs is 4. The zero-order valence-electron chi connectivity index (χ0n) is 35.4. The monoisotopic (exact) mass is 905 g/mol. The molecule has 2 unspecified atom stereocenters. The van der Waals surface area contributed by atoms with Crippen molar-refractivity contribution in [1.82, 2.24) is 34.5 Å². The van der Waals surface area contributed by atoms with Crippen LogP contribution in [0.3, 0.4) is 0 Å². The average molecular weight is 906 g/mol. The third kappa shape index (κ3) is 7.73. The molecular weight excluding hydrogens is 858 g/mol. The fraction of sp³-hybridized carbons (Fsp3) is 0.500. The lowest BCUT2D eigenvalue weighted by atomic mass is 9.91. The molecule has 5 aliphatic rings. The number of alkyl halides is 3. The number of piperazine rings is 1. The number of hydrogen-bond donors (Lipinski definition) is 3. The smallest absolute Gasteiger partial charge is 0.301 e. The van der Waals surface area contributed by atoms with Crippen molar-refractivity contribution in [1.29, 1.82) is 0 Å². The van der Waals surface area contributed by atoms with Crippen molar-refractivity contribution < 1.29 is 31.9 Å². The molecule has 3 aromatic heterocycles. The molecule has 3 saturated heterocycles. The molecule has 15 nitrogen and oxygen atoms in total. The molecule has 0 spiro atoms. The second kappa shape index (κ2) is 16.4. The highest BCUT2D eigenvalue weighted by atomic mass is 35.5. The summed E-state index contributed by atoms with van der Waals surface area (Å²) in [5.41, 5.74) is 2.02. The summed E-state index contributed by atoms with van der Waals surface area (Å²) in [6.07, 6.45) is 3.47. The van der Waals surface area contributed by atoms with E-state index in [1.807, 2.05) is 11.0 Å². The van der Waals surface area contributed by atoms with Gasteiger partial charge in [0.1, 0.15) is 16.7 Å². The number of carbonyl (C=O) groups is 2. The third-order valence-electron chi connectivity index (χ3n) is 13.6. The first-order valence-electron chi connectivity index (χ1n) is 21.8. The van der Waals surface area contributed by atoms with Crippen LogP contribution in [-0.4, -0.2) is 112 Å². The summed E-state index contributed by atoms with van der Waals surface area (Å²) >= 11 is 6.57. The highest BCUT2D eigenvalue weighted by Gasteiger charge is 2.51. The number of aryl methyl sites for hydroxylation is 2. The number of nitrogens with zero attached hydrogens (tertiary/aromatic N) is 8. The van der Waals surface area contributed by atoms with E-state index in [4.69, 9.17) is 16.3 Å². The molecule has 64 heavy (non-hydrogen) atoms. The third-order valence-corrected chi connectivity index (χ3v) is 13.9. The molecule has 4 atom stereocenters. The first-order chi connectivity index (χ1) is 30.7. The predicted molar refractivity (Wildman–Crippen MR) is 234 cm³/mol. The van der Waals surface area contributed by atoms with E-state index >= 15 is 17.6 Å². The molecule has 4 aliphatic heterocycles. The Labute approximate surface area is 370 Å². The number of halogens is 5. The Kier molecular flexibility index (Phi) is 10.8. The molecule has 20 heteroatoms. The molecule has 2 aromatic carbocycles. The molecule has 5 aromatic rings. The van der Waals surface area contributed by atoms with Crippen LogP contribution in [0.1, 0.15) is 50.1 Å². The Morgan fingerprint density at radius 2 is 1.78 bits per heavy atom. The van der Waals surface area contributed by atoms with Gasteiger partial charge in [-0.2, -0.15) is 10.1 Å². The second-order valence-electron chi connectivity index (χ2n) is 17.7. The fourth-order valence-electron chi connectivity index (χ4n) is 9.84. The standard InChI is InChI=1S/C44H48ClF4N11O4/c1-56-31-8-5-25(19-28(31)36-38(42(56)63)64-22-44(48,49)39(53-36)24-3-4-24)51-40-29(45)20-50-43(54-40)60-14-12-23(30(46)21-60)11-13-58-15-17-59(18-16-58)32-9-6-26-35(55-57(2)37(26)34(32)47)27-7-10-33(61)52-41(27)62/h5-6,8-9,19-20,23-24,27,30,39,53H,3-4,7,10-18,21-22H2,1-2H3,(H,50,51,54)(H,52,61,62)/t23?,27?,30-,39-/m0/s1. The van der Waals surface area contributed by atoms with Gasteiger partial charge in [0, 0.05) is 69.7 Å². The van der Waals surface area contributed by atoms with Gasteiger partial charge in [0.2, 0.25) is 23.5 Å². The fourth-order valence-corrected chi connectivity index (χ4v) is 9.98. The molecule has 10 rings (SSSR count). The van der Waals surface area contributed by atoms with E-state index in [0.29, 0.717) is 116 Å². The minimum absolute atomic E-state index is 0.106. The van der Waals surface area contributed by atoms with Crippen molar-refractivity contribution in [2.24, 2.45) is 25.9 Å². The first kappa shape index (κ1) is 42.3. The molecule has 2 amide bonds. The van der Waals surface area contributed by atoms with Crippen LogP contribution in [0.25, 0.3) is 21.8 Å². The molecule has 3 N–H and O–H groups in total. The predicted octanol–water partition coefficient (Wildman–Crippen LogP) is 5.87. The molecule has 0 bridgehead atoms. The number of carbonyl (C=O) groups excluding carboxylic acids is 2. The van der Waals surface area contributed by atoms with E-state index in [1.165, 1.54) is 15.4 Å². The normalized spacial score (nSPS) is 24.0. The van der Waals surface area contributed by atoms with Gasteiger partial charge in [0.05, 0.1) is 47.3 Å². The van der Waals surface area contributed by atoms with Gasteiger partial charge >= 0.3 is 5.92 Å². The van der Waals surface area contributed by atoms with Crippen molar-refractivity contribution in [2.75, 3.05) is 72.9 Å².